The van der Waals surface area contributed by atoms with E-state index in [1.807, 2.05) is 0 Å². The van der Waals surface area contributed by atoms with E-state index in [1.165, 1.54) is 21.6 Å². The van der Waals surface area contributed by atoms with Gasteiger partial charge < -0.3 is 30.7 Å². The standard InChI is InChI=1S/C26H38N4O8S2/c1-25(2,3)38-20(32)9-8-17-22(34)29-18-15-40-39-12-5-4-7-16(13-19(31)28-17)37-21(33)14-27-24(36)26(10-6-11-26)30-23(18)35/h4,7,16-18H,5-6,8-15H2,1-3H3,(H,27,36)(H,28,31)(H,29,34)(H,30,35)/b7-4+/t16-,17+,18-/m0/s1. The summed E-state index contributed by atoms with van der Waals surface area (Å²) in [6, 6.07) is -2.17. The zero-order valence-electron chi connectivity index (χ0n) is 23.0. The number of nitrogens with one attached hydrogen (secondary N) is 4. The Morgan fingerprint density at radius 3 is 2.52 bits per heavy atom. The molecule has 1 saturated heterocycles. The van der Waals surface area contributed by atoms with Gasteiger partial charge in [0.2, 0.25) is 23.6 Å². The summed E-state index contributed by atoms with van der Waals surface area (Å²) < 4.78 is 10.8. The van der Waals surface area contributed by atoms with Crippen LogP contribution in [0.25, 0.3) is 0 Å². The smallest absolute Gasteiger partial charge is 0.326 e. The quantitative estimate of drug-likeness (QED) is 0.208. The van der Waals surface area contributed by atoms with Crippen LogP contribution in [0.5, 0.6) is 0 Å². The van der Waals surface area contributed by atoms with Crippen molar-refractivity contribution in [3.8, 4) is 0 Å². The molecule has 1 saturated carbocycles. The molecule has 40 heavy (non-hydrogen) atoms. The van der Waals surface area contributed by atoms with Gasteiger partial charge in [0.1, 0.15) is 35.9 Å². The van der Waals surface area contributed by atoms with Crippen molar-refractivity contribution >= 4 is 57.2 Å². The van der Waals surface area contributed by atoms with Crippen molar-refractivity contribution in [2.45, 2.75) is 95.0 Å². The second-order valence-electron chi connectivity index (χ2n) is 11.0. The van der Waals surface area contributed by atoms with E-state index < -0.39 is 71.4 Å². The first-order valence-corrected chi connectivity index (χ1v) is 15.9. The minimum Gasteiger partial charge on any atom is -0.460 e. The van der Waals surface area contributed by atoms with E-state index in [0.717, 1.165) is 0 Å². The Bertz CT molecular complexity index is 1020. The number of rotatable bonds is 3. The monoisotopic (exact) mass is 598 g/mol. The Hall–Kier alpha value is -2.74. The molecule has 4 N–H and O–H groups in total. The predicted molar refractivity (Wildman–Crippen MR) is 150 cm³/mol. The van der Waals surface area contributed by atoms with E-state index in [4.69, 9.17) is 9.47 Å². The molecule has 2 bridgehead atoms. The summed E-state index contributed by atoms with van der Waals surface area (Å²) >= 11 is 0. The highest BCUT2D eigenvalue weighted by molar-refractivity contribution is 8.76. The van der Waals surface area contributed by atoms with Crippen LogP contribution in [0.4, 0.5) is 0 Å². The second-order valence-corrected chi connectivity index (χ2v) is 13.6. The fraction of sp³-hybridized carbons (Fsp3) is 0.692. The van der Waals surface area contributed by atoms with Gasteiger partial charge in [-0.25, -0.2) is 0 Å². The van der Waals surface area contributed by atoms with Gasteiger partial charge in [-0.3, -0.25) is 28.8 Å². The first kappa shape index (κ1) is 31.8. The van der Waals surface area contributed by atoms with Crippen molar-refractivity contribution in [2.75, 3.05) is 18.1 Å². The third-order valence-electron chi connectivity index (χ3n) is 6.45. The molecule has 14 heteroatoms. The van der Waals surface area contributed by atoms with E-state index in [2.05, 4.69) is 21.3 Å². The van der Waals surface area contributed by atoms with Gasteiger partial charge >= 0.3 is 11.9 Å². The molecule has 0 aromatic carbocycles. The molecule has 222 valence electrons. The molecule has 2 aliphatic heterocycles. The zero-order chi connectivity index (χ0) is 29.3. The van der Waals surface area contributed by atoms with Crippen LogP contribution in [-0.2, 0) is 38.2 Å². The summed E-state index contributed by atoms with van der Waals surface area (Å²) in [5.74, 6) is -2.69. The molecule has 12 nitrogen and oxygen atoms in total. The highest BCUT2D eigenvalue weighted by Gasteiger charge is 2.46. The molecular weight excluding hydrogens is 560 g/mol. The number of ether oxygens (including phenoxy) is 2. The van der Waals surface area contributed by atoms with Gasteiger partial charge in [0.25, 0.3) is 0 Å². The Morgan fingerprint density at radius 2 is 1.85 bits per heavy atom. The molecule has 3 rings (SSSR count). The number of carbonyl (C=O) groups excluding carboxylic acids is 6. The average molecular weight is 599 g/mol. The zero-order valence-corrected chi connectivity index (χ0v) is 24.7. The number of amides is 4. The summed E-state index contributed by atoms with van der Waals surface area (Å²) in [6.07, 6.45) is 4.09. The maximum Gasteiger partial charge on any atom is 0.326 e. The lowest BCUT2D eigenvalue weighted by Crippen LogP contribution is -2.66. The fourth-order valence-electron chi connectivity index (χ4n) is 4.30. The van der Waals surface area contributed by atoms with Gasteiger partial charge in [0.15, 0.2) is 0 Å². The summed E-state index contributed by atoms with van der Waals surface area (Å²) in [5, 5.41) is 10.7. The molecule has 0 radical (unpaired) electrons. The van der Waals surface area contributed by atoms with Crippen LogP contribution in [0.3, 0.4) is 0 Å². The number of carbonyl (C=O) groups is 6. The SMILES string of the molecule is CC(C)(C)OC(=O)CC[C@H]1NC(=O)C[C@@H]2/C=C/CCSSC[C@H](NC1=O)C(=O)NC1(CCC1)C(=O)NCC(=O)O2. The van der Waals surface area contributed by atoms with Gasteiger partial charge in [-0.2, -0.15) is 0 Å². The van der Waals surface area contributed by atoms with Crippen LogP contribution in [0, 0.1) is 0 Å². The molecule has 0 aromatic rings. The van der Waals surface area contributed by atoms with Gasteiger partial charge in [-0.05, 0) is 59.0 Å². The Balaban J connectivity index is 1.91. The average Bonchev–Trinajstić information content (AvgIpc) is 2.83. The number of allylic oxidation sites excluding steroid dienone is 1. The first-order chi connectivity index (χ1) is 18.9. The van der Waals surface area contributed by atoms with E-state index in [9.17, 15) is 28.8 Å². The third-order valence-corrected chi connectivity index (χ3v) is 8.89. The van der Waals surface area contributed by atoms with Gasteiger partial charge in [-0.15, -0.1) is 0 Å². The summed E-state index contributed by atoms with van der Waals surface area (Å²) in [5.41, 5.74) is -1.91. The number of hydrogen-bond acceptors (Lipinski definition) is 10. The molecule has 3 aliphatic rings. The minimum atomic E-state index is -1.19. The van der Waals surface area contributed by atoms with Crippen molar-refractivity contribution in [2.24, 2.45) is 0 Å². The second kappa shape index (κ2) is 14.2. The maximum atomic E-state index is 13.4. The topological polar surface area (TPSA) is 169 Å². The molecule has 0 aromatic heterocycles. The lowest BCUT2D eigenvalue weighted by Gasteiger charge is -2.41. The molecule has 3 atom stereocenters. The van der Waals surface area contributed by atoms with Crippen LogP contribution in [0.15, 0.2) is 12.2 Å². The predicted octanol–water partition coefficient (Wildman–Crippen LogP) is 0.890. The Kier molecular flexibility index (Phi) is 11.3. The van der Waals surface area contributed by atoms with E-state index in [0.29, 0.717) is 31.4 Å². The first-order valence-electron chi connectivity index (χ1n) is 13.4. The Labute approximate surface area is 241 Å². The van der Waals surface area contributed by atoms with Crippen molar-refractivity contribution in [1.29, 1.82) is 0 Å². The largest absolute Gasteiger partial charge is 0.460 e. The van der Waals surface area contributed by atoms with E-state index in [-0.39, 0.29) is 25.0 Å². The van der Waals surface area contributed by atoms with Gasteiger partial charge in [-0.1, -0.05) is 27.7 Å². The summed E-state index contributed by atoms with van der Waals surface area (Å²) in [6.45, 7) is 4.75. The van der Waals surface area contributed by atoms with Crippen molar-refractivity contribution < 1.29 is 38.2 Å². The molecule has 2 heterocycles. The molecular formula is C26H38N4O8S2. The molecule has 1 spiro atoms. The molecule has 0 unspecified atom stereocenters. The molecule has 2 fully saturated rings. The summed E-state index contributed by atoms with van der Waals surface area (Å²) in [7, 11) is 2.90. The highest BCUT2D eigenvalue weighted by atomic mass is 33.1. The van der Waals surface area contributed by atoms with Gasteiger partial charge in [0, 0.05) is 17.9 Å². The lowest BCUT2D eigenvalue weighted by molar-refractivity contribution is -0.155. The van der Waals surface area contributed by atoms with Crippen molar-refractivity contribution in [3.05, 3.63) is 12.2 Å². The maximum absolute atomic E-state index is 13.4. The molecule has 4 amide bonds. The van der Waals surface area contributed by atoms with Crippen molar-refractivity contribution in [1.82, 2.24) is 21.3 Å². The molecule has 1 aliphatic carbocycles. The van der Waals surface area contributed by atoms with Crippen LogP contribution in [0.2, 0.25) is 0 Å². The van der Waals surface area contributed by atoms with Crippen LogP contribution in [-0.4, -0.2) is 82.9 Å². The summed E-state index contributed by atoms with van der Waals surface area (Å²) in [4.78, 5) is 77.7. The number of fused-ring (bicyclic) bond motifs is 7. The number of esters is 2. The van der Waals surface area contributed by atoms with Crippen LogP contribution in [0.1, 0.15) is 65.7 Å². The minimum absolute atomic E-state index is 0.0741. The number of hydrogen-bond donors (Lipinski definition) is 4. The van der Waals surface area contributed by atoms with Crippen molar-refractivity contribution in [3.63, 3.8) is 0 Å². The normalized spacial score (nSPS) is 27.6. The lowest BCUT2D eigenvalue weighted by atomic mass is 9.75. The van der Waals surface area contributed by atoms with Crippen LogP contribution >= 0.6 is 21.6 Å². The van der Waals surface area contributed by atoms with E-state index in [1.54, 1.807) is 32.9 Å². The Morgan fingerprint density at radius 1 is 1.10 bits per heavy atom. The fourth-order valence-corrected chi connectivity index (χ4v) is 6.45. The van der Waals surface area contributed by atoms with Crippen LogP contribution < -0.4 is 21.3 Å². The van der Waals surface area contributed by atoms with Gasteiger partial charge in [0.05, 0.1) is 6.42 Å². The third kappa shape index (κ3) is 9.72. The van der Waals surface area contributed by atoms with E-state index >= 15 is 0 Å². The highest BCUT2D eigenvalue weighted by Crippen LogP contribution is 2.32.